The van der Waals surface area contributed by atoms with Gasteiger partial charge in [-0.05, 0) is 30.5 Å². The summed E-state index contributed by atoms with van der Waals surface area (Å²) in [5, 5.41) is 3.29. The maximum atomic E-state index is 13.2. The molecule has 30 heavy (non-hydrogen) atoms. The van der Waals surface area contributed by atoms with E-state index in [1.807, 2.05) is 23.1 Å². The number of rotatable bonds is 12. The van der Waals surface area contributed by atoms with E-state index in [2.05, 4.69) is 5.32 Å². The number of carbonyl (C=O) groups excluding carboxylic acids is 1. The first-order valence-corrected chi connectivity index (χ1v) is 10.6. The Labute approximate surface area is 178 Å². The normalized spacial score (nSPS) is 21.3. The SMILES string of the molecule is COCCCOc1cc(CN(C(=O)[C@H]2CNC[C@@H](COC)O2)C2CC2)ccc1OC. The predicted octanol–water partition coefficient (Wildman–Crippen LogP) is 1.60. The second kappa shape index (κ2) is 11.5. The molecule has 0 unspecified atom stereocenters. The average molecular weight is 423 g/mol. The molecule has 8 heteroatoms. The summed E-state index contributed by atoms with van der Waals surface area (Å²) in [6, 6.07) is 6.11. The summed E-state index contributed by atoms with van der Waals surface area (Å²) in [6.45, 7) is 3.41. The summed E-state index contributed by atoms with van der Waals surface area (Å²) in [5.41, 5.74) is 1.01. The molecule has 1 N–H and O–H groups in total. The maximum absolute atomic E-state index is 13.2. The molecule has 0 radical (unpaired) electrons. The van der Waals surface area contributed by atoms with Crippen LogP contribution in [-0.2, 0) is 25.5 Å². The fraction of sp³-hybridized carbons (Fsp3) is 0.682. The van der Waals surface area contributed by atoms with E-state index in [1.165, 1.54) is 0 Å². The van der Waals surface area contributed by atoms with Crippen LogP contribution in [0.4, 0.5) is 0 Å². The lowest BCUT2D eigenvalue weighted by Gasteiger charge is -2.33. The third kappa shape index (κ3) is 6.31. The van der Waals surface area contributed by atoms with Crippen molar-refractivity contribution in [1.82, 2.24) is 10.2 Å². The van der Waals surface area contributed by atoms with Crippen LogP contribution in [0.25, 0.3) is 0 Å². The minimum absolute atomic E-state index is 0.0317. The molecule has 2 atom stereocenters. The standard InChI is InChI=1S/C22H34N2O6/c1-26-9-4-10-29-20-11-16(5-8-19(20)28-3)14-24(17-6-7-17)22(25)21-13-23-12-18(30-21)15-27-2/h5,8,11,17-18,21,23H,4,6-7,9-10,12-15H2,1-3H3/t18-,21+/m0/s1. The van der Waals surface area contributed by atoms with Crippen LogP contribution >= 0.6 is 0 Å². The Morgan fingerprint density at radius 1 is 1.13 bits per heavy atom. The molecular formula is C22H34N2O6. The highest BCUT2D eigenvalue weighted by Crippen LogP contribution is 2.33. The zero-order chi connectivity index (χ0) is 21.3. The molecule has 2 aliphatic rings. The van der Waals surface area contributed by atoms with Gasteiger partial charge in [-0.15, -0.1) is 0 Å². The van der Waals surface area contributed by atoms with Gasteiger partial charge in [-0.1, -0.05) is 6.07 Å². The van der Waals surface area contributed by atoms with Crippen molar-refractivity contribution in [2.45, 2.75) is 44.1 Å². The number of hydrogen-bond donors (Lipinski definition) is 1. The van der Waals surface area contributed by atoms with Crippen molar-refractivity contribution < 1.29 is 28.5 Å². The second-order valence-electron chi connectivity index (χ2n) is 7.74. The van der Waals surface area contributed by atoms with Crippen LogP contribution < -0.4 is 14.8 Å². The number of amides is 1. The first-order valence-electron chi connectivity index (χ1n) is 10.6. The van der Waals surface area contributed by atoms with Gasteiger partial charge < -0.3 is 33.9 Å². The largest absolute Gasteiger partial charge is 0.493 e. The van der Waals surface area contributed by atoms with Crippen molar-refractivity contribution in [3.8, 4) is 11.5 Å². The topological polar surface area (TPSA) is 78.5 Å². The van der Waals surface area contributed by atoms with Gasteiger partial charge in [0.15, 0.2) is 11.5 Å². The van der Waals surface area contributed by atoms with E-state index < -0.39 is 6.10 Å². The van der Waals surface area contributed by atoms with Crippen molar-refractivity contribution in [3.05, 3.63) is 23.8 Å². The Morgan fingerprint density at radius 3 is 2.67 bits per heavy atom. The summed E-state index contributed by atoms with van der Waals surface area (Å²) in [7, 11) is 4.94. The minimum atomic E-state index is -0.484. The quantitative estimate of drug-likeness (QED) is 0.513. The summed E-state index contributed by atoms with van der Waals surface area (Å²) in [6.07, 6.45) is 2.27. The van der Waals surface area contributed by atoms with E-state index in [1.54, 1.807) is 21.3 Å². The van der Waals surface area contributed by atoms with Crippen LogP contribution in [0.5, 0.6) is 11.5 Å². The smallest absolute Gasteiger partial charge is 0.253 e. The van der Waals surface area contributed by atoms with Gasteiger partial charge in [0.05, 0.1) is 26.4 Å². The molecule has 2 fully saturated rings. The first-order chi connectivity index (χ1) is 14.7. The van der Waals surface area contributed by atoms with Gasteiger partial charge in [-0.2, -0.15) is 0 Å². The lowest BCUT2D eigenvalue weighted by Crippen LogP contribution is -2.53. The van der Waals surface area contributed by atoms with Gasteiger partial charge in [0.1, 0.15) is 6.10 Å². The number of benzene rings is 1. The molecule has 1 aromatic rings. The molecule has 0 bridgehead atoms. The Morgan fingerprint density at radius 2 is 1.97 bits per heavy atom. The zero-order valence-corrected chi connectivity index (χ0v) is 18.2. The molecule has 168 valence electrons. The molecule has 0 spiro atoms. The van der Waals surface area contributed by atoms with Crippen LogP contribution in [0.15, 0.2) is 18.2 Å². The van der Waals surface area contributed by atoms with E-state index in [0.717, 1.165) is 24.8 Å². The lowest BCUT2D eigenvalue weighted by molar-refractivity contribution is -0.154. The number of hydrogen-bond acceptors (Lipinski definition) is 7. The molecule has 1 aliphatic heterocycles. The van der Waals surface area contributed by atoms with Crippen LogP contribution in [-0.4, -0.2) is 83.3 Å². The predicted molar refractivity (Wildman–Crippen MR) is 112 cm³/mol. The molecule has 0 aromatic heterocycles. The zero-order valence-electron chi connectivity index (χ0n) is 18.2. The Bertz CT molecular complexity index is 680. The van der Waals surface area contributed by atoms with Crippen molar-refractivity contribution in [1.29, 1.82) is 0 Å². The second-order valence-corrected chi connectivity index (χ2v) is 7.74. The monoisotopic (exact) mass is 422 g/mol. The van der Waals surface area contributed by atoms with E-state index >= 15 is 0 Å². The number of ether oxygens (including phenoxy) is 5. The van der Waals surface area contributed by atoms with Crippen LogP contribution in [0.1, 0.15) is 24.8 Å². The van der Waals surface area contributed by atoms with Crippen LogP contribution in [0.3, 0.4) is 0 Å². The van der Waals surface area contributed by atoms with Crippen molar-refractivity contribution in [2.24, 2.45) is 0 Å². The highest BCUT2D eigenvalue weighted by Gasteiger charge is 2.38. The van der Waals surface area contributed by atoms with E-state index in [0.29, 0.717) is 51.0 Å². The van der Waals surface area contributed by atoms with Gasteiger partial charge in [-0.3, -0.25) is 4.79 Å². The molecule has 1 aliphatic carbocycles. The van der Waals surface area contributed by atoms with Gasteiger partial charge in [0.2, 0.25) is 0 Å². The van der Waals surface area contributed by atoms with E-state index in [4.69, 9.17) is 23.7 Å². The Hall–Kier alpha value is -1.87. The fourth-order valence-electron chi connectivity index (χ4n) is 3.61. The molecule has 8 nitrogen and oxygen atoms in total. The van der Waals surface area contributed by atoms with E-state index in [9.17, 15) is 4.79 Å². The van der Waals surface area contributed by atoms with Crippen LogP contribution in [0, 0.1) is 0 Å². The van der Waals surface area contributed by atoms with Crippen molar-refractivity contribution >= 4 is 5.91 Å². The maximum Gasteiger partial charge on any atom is 0.253 e. The van der Waals surface area contributed by atoms with Crippen LogP contribution in [0.2, 0.25) is 0 Å². The molecule has 1 amide bonds. The van der Waals surface area contributed by atoms with Crippen molar-refractivity contribution in [3.63, 3.8) is 0 Å². The summed E-state index contributed by atoms with van der Waals surface area (Å²) in [4.78, 5) is 15.2. The number of methoxy groups -OCH3 is 3. The van der Waals surface area contributed by atoms with Gasteiger partial charge in [0.25, 0.3) is 5.91 Å². The minimum Gasteiger partial charge on any atom is -0.493 e. The van der Waals surface area contributed by atoms with Gasteiger partial charge in [0, 0.05) is 52.9 Å². The summed E-state index contributed by atoms with van der Waals surface area (Å²) in [5.74, 6) is 1.40. The molecule has 1 saturated heterocycles. The molecule has 1 heterocycles. The number of morpholine rings is 1. The van der Waals surface area contributed by atoms with E-state index in [-0.39, 0.29) is 18.1 Å². The average Bonchev–Trinajstić information content (AvgIpc) is 3.60. The van der Waals surface area contributed by atoms with Crippen molar-refractivity contribution in [2.75, 3.05) is 54.2 Å². The highest BCUT2D eigenvalue weighted by atomic mass is 16.5. The summed E-state index contributed by atoms with van der Waals surface area (Å²) < 4.78 is 27.6. The molecule has 1 saturated carbocycles. The molecular weight excluding hydrogens is 388 g/mol. The summed E-state index contributed by atoms with van der Waals surface area (Å²) >= 11 is 0. The Balaban J connectivity index is 1.66. The van der Waals surface area contributed by atoms with Gasteiger partial charge >= 0.3 is 0 Å². The fourth-order valence-corrected chi connectivity index (χ4v) is 3.61. The lowest BCUT2D eigenvalue weighted by atomic mass is 10.1. The highest BCUT2D eigenvalue weighted by molar-refractivity contribution is 5.82. The third-order valence-corrected chi connectivity index (χ3v) is 5.29. The molecule has 3 rings (SSSR count). The van der Waals surface area contributed by atoms with Gasteiger partial charge in [-0.25, -0.2) is 0 Å². The number of nitrogens with one attached hydrogen (secondary N) is 1. The third-order valence-electron chi connectivity index (χ3n) is 5.29. The molecule has 1 aromatic carbocycles. The number of carbonyl (C=O) groups is 1. The first kappa shape index (κ1) is 22.8. The Kier molecular flexibility index (Phi) is 8.74. The number of nitrogens with zero attached hydrogens (tertiary/aromatic N) is 1.